The van der Waals surface area contributed by atoms with Crippen molar-refractivity contribution in [1.82, 2.24) is 19.2 Å². The fraction of sp³-hybridized carbons (Fsp3) is 0.500. The number of hydrogen-bond donors (Lipinski definition) is 0. The summed E-state index contributed by atoms with van der Waals surface area (Å²) in [7, 11) is 1.72. The van der Waals surface area contributed by atoms with Crippen molar-refractivity contribution in [2.75, 3.05) is 18.0 Å². The monoisotopic (exact) mass is 498 g/mol. The second kappa shape index (κ2) is 10.7. The number of benzene rings is 1. The van der Waals surface area contributed by atoms with Crippen LogP contribution in [-0.2, 0) is 13.6 Å². The molecule has 3 aromatic rings. The van der Waals surface area contributed by atoms with E-state index in [1.807, 2.05) is 12.1 Å². The average Bonchev–Trinajstić information content (AvgIpc) is 3.29. The summed E-state index contributed by atoms with van der Waals surface area (Å²) < 4.78 is 32.7. The molecule has 0 aliphatic carbocycles. The Hall–Kier alpha value is -3.45. The van der Waals surface area contributed by atoms with Gasteiger partial charge in [-0.25, -0.2) is 0 Å². The van der Waals surface area contributed by atoms with E-state index in [1.165, 1.54) is 0 Å². The lowest BCUT2D eigenvalue weighted by Crippen LogP contribution is -2.58. The van der Waals surface area contributed by atoms with Gasteiger partial charge in [0.25, 0.3) is 5.56 Å². The third-order valence-electron chi connectivity index (χ3n) is 7.25. The molecule has 0 N–H and O–H groups in total. The Kier molecular flexibility index (Phi) is 7.59. The summed E-state index contributed by atoms with van der Waals surface area (Å²) in [5, 5.41) is 13.8. The molecule has 1 fully saturated rings. The molecular weight excluding hydrogens is 466 g/mol. The molecule has 2 aromatic heterocycles. The summed E-state index contributed by atoms with van der Waals surface area (Å²) in [6, 6.07) is 11.0. The van der Waals surface area contributed by atoms with E-state index in [0.29, 0.717) is 5.52 Å². The Morgan fingerprint density at radius 2 is 1.86 bits per heavy atom. The molecule has 4 rings (SSSR count). The number of rotatable bonds is 8. The number of anilines is 1. The van der Waals surface area contributed by atoms with E-state index >= 15 is 0 Å². The quantitative estimate of drug-likeness (QED) is 0.461. The van der Waals surface area contributed by atoms with Crippen LogP contribution in [-0.4, -0.2) is 51.0 Å². The molecule has 3 atom stereocenters. The van der Waals surface area contributed by atoms with E-state index in [1.54, 1.807) is 40.7 Å². The van der Waals surface area contributed by atoms with Gasteiger partial charge in [0.05, 0.1) is 23.5 Å². The number of nitrogens with zero attached hydrogens (tertiary/aromatic N) is 6. The van der Waals surface area contributed by atoms with Crippen LogP contribution < -0.4 is 15.2 Å². The molecule has 192 valence electrons. The SMILES string of the molecule is CC[C@H]1CN([C@H](C)c2ccc(OC(F)F)cc2)[C@H](CC)CN1c1cc(=O)n(C)c2cn(CC#N)nc12. The van der Waals surface area contributed by atoms with Crippen molar-refractivity contribution in [3.05, 3.63) is 52.4 Å². The Labute approximate surface area is 209 Å². The zero-order chi connectivity index (χ0) is 26.0. The molecule has 0 spiro atoms. The number of halogens is 2. The van der Waals surface area contributed by atoms with E-state index in [0.717, 1.165) is 42.7 Å². The highest BCUT2D eigenvalue weighted by Crippen LogP contribution is 2.34. The van der Waals surface area contributed by atoms with Gasteiger partial charge in [-0.15, -0.1) is 0 Å². The summed E-state index contributed by atoms with van der Waals surface area (Å²) >= 11 is 0. The summed E-state index contributed by atoms with van der Waals surface area (Å²) in [6.45, 7) is 5.19. The highest BCUT2D eigenvalue weighted by molar-refractivity contribution is 5.88. The van der Waals surface area contributed by atoms with Crippen LogP contribution in [0.1, 0.15) is 45.2 Å². The van der Waals surface area contributed by atoms with Crippen molar-refractivity contribution in [1.29, 1.82) is 5.26 Å². The summed E-state index contributed by atoms with van der Waals surface area (Å²) in [5.74, 6) is 0.148. The molecule has 1 aromatic carbocycles. The first-order chi connectivity index (χ1) is 17.3. The maximum atomic E-state index is 12.8. The van der Waals surface area contributed by atoms with E-state index in [9.17, 15) is 13.6 Å². The lowest BCUT2D eigenvalue weighted by molar-refractivity contribution is -0.0498. The van der Waals surface area contributed by atoms with Crippen molar-refractivity contribution in [2.24, 2.45) is 7.05 Å². The summed E-state index contributed by atoms with van der Waals surface area (Å²) in [4.78, 5) is 17.6. The smallest absolute Gasteiger partial charge is 0.387 e. The van der Waals surface area contributed by atoms with Crippen LogP contribution in [0.5, 0.6) is 5.75 Å². The lowest BCUT2D eigenvalue weighted by atomic mass is 9.96. The van der Waals surface area contributed by atoms with E-state index in [2.05, 4.69) is 46.5 Å². The first-order valence-corrected chi connectivity index (χ1v) is 12.3. The molecule has 1 aliphatic rings. The second-order valence-corrected chi connectivity index (χ2v) is 9.24. The van der Waals surface area contributed by atoms with Crippen molar-refractivity contribution < 1.29 is 13.5 Å². The van der Waals surface area contributed by atoms with Crippen molar-refractivity contribution in [3.63, 3.8) is 0 Å². The van der Waals surface area contributed by atoms with Crippen LogP contribution in [0, 0.1) is 11.3 Å². The molecule has 36 heavy (non-hydrogen) atoms. The van der Waals surface area contributed by atoms with Crippen LogP contribution in [0.3, 0.4) is 0 Å². The minimum absolute atomic E-state index is 0.0743. The van der Waals surface area contributed by atoms with Crippen molar-refractivity contribution in [2.45, 2.75) is 64.9 Å². The zero-order valence-electron chi connectivity index (χ0n) is 21.1. The topological polar surface area (TPSA) is 79.3 Å². The lowest BCUT2D eigenvalue weighted by Gasteiger charge is -2.49. The number of aryl methyl sites for hydroxylation is 1. The molecule has 1 saturated heterocycles. The normalized spacial score (nSPS) is 19.6. The fourth-order valence-electron chi connectivity index (χ4n) is 5.19. The van der Waals surface area contributed by atoms with Crippen LogP contribution in [0.25, 0.3) is 11.0 Å². The van der Waals surface area contributed by atoms with Crippen LogP contribution in [0.4, 0.5) is 14.5 Å². The highest BCUT2D eigenvalue weighted by Gasteiger charge is 2.36. The predicted molar refractivity (Wildman–Crippen MR) is 134 cm³/mol. The van der Waals surface area contributed by atoms with E-state index < -0.39 is 6.61 Å². The molecular formula is C26H32F2N6O2. The summed E-state index contributed by atoms with van der Waals surface area (Å²) in [5.41, 5.74) is 3.15. The third kappa shape index (κ3) is 4.93. The fourth-order valence-corrected chi connectivity index (χ4v) is 5.19. The molecule has 10 heteroatoms. The average molecular weight is 499 g/mol. The first kappa shape index (κ1) is 25.6. The van der Waals surface area contributed by atoms with Gasteiger partial charge < -0.3 is 14.2 Å². The van der Waals surface area contributed by atoms with Gasteiger partial charge in [-0.1, -0.05) is 26.0 Å². The van der Waals surface area contributed by atoms with Crippen LogP contribution >= 0.6 is 0 Å². The minimum atomic E-state index is -2.84. The standard InChI is InChI=1S/C26H32F2N6O2/c1-5-19-15-34(22-13-24(35)31(4)23-16-32(12-11-29)30-25(22)23)20(6-2)14-33(19)17(3)18-7-9-21(10-8-18)36-26(27)28/h7-10,13,16-17,19-20,26H,5-6,12,14-15H2,1-4H3/t17-,19-,20+/m1/s1. The molecule has 0 saturated carbocycles. The maximum Gasteiger partial charge on any atom is 0.387 e. The van der Waals surface area contributed by atoms with Gasteiger partial charge in [0.1, 0.15) is 17.8 Å². The largest absolute Gasteiger partial charge is 0.435 e. The molecule has 0 radical (unpaired) electrons. The Morgan fingerprint density at radius 3 is 2.47 bits per heavy atom. The molecule has 0 bridgehead atoms. The number of fused-ring (bicyclic) bond motifs is 1. The number of hydrogen-bond acceptors (Lipinski definition) is 6. The highest BCUT2D eigenvalue weighted by atomic mass is 19.3. The number of alkyl halides is 2. The Morgan fingerprint density at radius 1 is 1.17 bits per heavy atom. The molecule has 0 amide bonds. The van der Waals surface area contributed by atoms with Gasteiger partial charge in [0, 0.05) is 44.3 Å². The number of aromatic nitrogens is 3. The molecule has 8 nitrogen and oxygen atoms in total. The zero-order valence-corrected chi connectivity index (χ0v) is 21.1. The second-order valence-electron chi connectivity index (χ2n) is 9.24. The van der Waals surface area contributed by atoms with Crippen molar-refractivity contribution >= 4 is 16.7 Å². The number of piperazine rings is 1. The number of nitriles is 1. The van der Waals surface area contributed by atoms with Gasteiger partial charge in [0.2, 0.25) is 0 Å². The Balaban J connectivity index is 1.65. The van der Waals surface area contributed by atoms with Gasteiger partial charge >= 0.3 is 6.61 Å². The minimum Gasteiger partial charge on any atom is -0.435 e. The number of ether oxygens (including phenoxy) is 1. The maximum absolute atomic E-state index is 12.8. The Bertz CT molecular complexity index is 1300. The molecule has 0 unspecified atom stereocenters. The molecule has 1 aliphatic heterocycles. The van der Waals surface area contributed by atoms with Crippen molar-refractivity contribution in [3.8, 4) is 11.8 Å². The van der Waals surface area contributed by atoms with Gasteiger partial charge in [-0.2, -0.15) is 19.1 Å². The molecule has 3 heterocycles. The van der Waals surface area contributed by atoms with Crippen LogP contribution in [0.15, 0.2) is 41.3 Å². The van der Waals surface area contributed by atoms with Gasteiger partial charge in [-0.05, 0) is 37.5 Å². The predicted octanol–water partition coefficient (Wildman–Crippen LogP) is 4.30. The van der Waals surface area contributed by atoms with Crippen LogP contribution in [0.2, 0.25) is 0 Å². The third-order valence-corrected chi connectivity index (χ3v) is 7.25. The number of pyridine rings is 1. The van der Waals surface area contributed by atoms with E-state index in [-0.39, 0.29) is 36.0 Å². The summed E-state index contributed by atoms with van der Waals surface area (Å²) in [6.07, 6.45) is 3.53. The van der Waals surface area contributed by atoms with Gasteiger partial charge in [0.15, 0.2) is 0 Å². The van der Waals surface area contributed by atoms with Gasteiger partial charge in [-0.3, -0.25) is 14.4 Å². The first-order valence-electron chi connectivity index (χ1n) is 12.3. The van der Waals surface area contributed by atoms with E-state index in [4.69, 9.17) is 5.26 Å².